The second-order valence-electron chi connectivity index (χ2n) is 14.0. The Morgan fingerprint density at radius 1 is 0.732 bits per heavy atom. The summed E-state index contributed by atoms with van der Waals surface area (Å²) in [5.74, 6) is -6.69. The zero-order valence-corrected chi connectivity index (χ0v) is 30.3. The molecule has 0 unspecified atom stereocenters. The van der Waals surface area contributed by atoms with Crippen molar-refractivity contribution in [2.24, 2.45) is 0 Å². The predicted octanol–water partition coefficient (Wildman–Crippen LogP) is -9.23. The molecule has 15 N–H and O–H groups in total. The Kier molecular flexibility index (Phi) is 15.8. The largest absolute Gasteiger partial charge is 0.477 e. The Balaban J connectivity index is 1.71. The number of aliphatic hydroxyl groups is 12. The summed E-state index contributed by atoms with van der Waals surface area (Å²) in [6.07, 6.45) is -35.1. The molecule has 4 heterocycles. The number of carboxylic acid groups (broad SMARTS) is 1. The van der Waals surface area contributed by atoms with Crippen molar-refractivity contribution in [2.45, 2.75) is 155 Å². The van der Waals surface area contributed by atoms with E-state index in [2.05, 4.69) is 10.6 Å². The van der Waals surface area contributed by atoms with E-state index in [0.717, 1.165) is 13.8 Å². The van der Waals surface area contributed by atoms with E-state index >= 15 is 0 Å². The number of aliphatic carboxylic acids is 1. The molecule has 0 spiro atoms. The van der Waals surface area contributed by atoms with E-state index in [9.17, 15) is 80.8 Å². The van der Waals surface area contributed by atoms with Gasteiger partial charge in [-0.05, 0) is 6.92 Å². The van der Waals surface area contributed by atoms with Crippen LogP contribution in [0.3, 0.4) is 0 Å². The molecule has 0 saturated carbocycles. The minimum atomic E-state index is -3.12. The molecule has 0 aromatic carbocycles. The quantitative estimate of drug-likeness (QED) is 0.0773. The molecule has 4 aliphatic rings. The number of hydrogen-bond acceptors (Lipinski definition) is 22. The van der Waals surface area contributed by atoms with E-state index in [0.29, 0.717) is 0 Å². The minimum absolute atomic E-state index is 0.767. The molecule has 21 atom stereocenters. The lowest BCUT2D eigenvalue weighted by atomic mass is 9.88. The third kappa shape index (κ3) is 9.74. The van der Waals surface area contributed by atoms with Gasteiger partial charge in [0.05, 0.1) is 38.1 Å². The second kappa shape index (κ2) is 19.1. The molecule has 25 heteroatoms. The van der Waals surface area contributed by atoms with Crippen molar-refractivity contribution in [2.75, 3.05) is 19.8 Å². The Morgan fingerprint density at radius 3 is 1.86 bits per heavy atom. The average Bonchev–Trinajstić information content (AvgIpc) is 3.14. The van der Waals surface area contributed by atoms with Crippen LogP contribution in [0, 0.1) is 0 Å². The fourth-order valence-corrected chi connectivity index (χ4v) is 6.99. The van der Waals surface area contributed by atoms with Gasteiger partial charge in [0.25, 0.3) is 5.79 Å². The molecule has 0 aromatic heterocycles. The maximum Gasteiger partial charge on any atom is 0.364 e. The summed E-state index contributed by atoms with van der Waals surface area (Å²) in [6, 6.07) is -3.22. The van der Waals surface area contributed by atoms with Crippen LogP contribution in [-0.4, -0.2) is 232 Å². The van der Waals surface area contributed by atoms with Gasteiger partial charge in [0.15, 0.2) is 18.9 Å². The highest BCUT2D eigenvalue weighted by atomic mass is 16.8. The highest BCUT2D eigenvalue weighted by Crippen LogP contribution is 2.39. The molecule has 0 aliphatic carbocycles. The van der Waals surface area contributed by atoms with Gasteiger partial charge in [-0.3, -0.25) is 9.59 Å². The van der Waals surface area contributed by atoms with Crippen molar-refractivity contribution >= 4 is 17.8 Å². The van der Waals surface area contributed by atoms with Crippen molar-refractivity contribution in [1.29, 1.82) is 0 Å². The average molecular weight is 821 g/mol. The number of hydrogen-bond donors (Lipinski definition) is 15. The van der Waals surface area contributed by atoms with Gasteiger partial charge in [0.2, 0.25) is 11.8 Å². The number of carbonyl (C=O) groups excluding carboxylic acids is 2. The molecule has 4 rings (SSSR count). The molecule has 0 bridgehead atoms. The van der Waals surface area contributed by atoms with Crippen molar-refractivity contribution < 1.29 is 114 Å². The number of amides is 2. The van der Waals surface area contributed by atoms with Gasteiger partial charge in [-0.2, -0.15) is 0 Å². The third-order valence-electron chi connectivity index (χ3n) is 9.94. The van der Waals surface area contributed by atoms with Crippen LogP contribution in [0.1, 0.15) is 27.2 Å². The fourth-order valence-electron chi connectivity index (χ4n) is 6.99. The summed E-state index contributed by atoms with van der Waals surface area (Å²) >= 11 is 0. The van der Waals surface area contributed by atoms with Gasteiger partial charge in [-0.15, -0.1) is 0 Å². The van der Waals surface area contributed by atoms with Gasteiger partial charge >= 0.3 is 5.97 Å². The van der Waals surface area contributed by atoms with E-state index in [1.165, 1.54) is 6.92 Å². The molecular formula is C31H52N2O23. The Labute approximate surface area is 317 Å². The molecular weight excluding hydrogens is 768 g/mol. The number of carboxylic acids is 1. The van der Waals surface area contributed by atoms with Gasteiger partial charge in [-0.25, -0.2) is 4.79 Å². The first-order valence-electron chi connectivity index (χ1n) is 17.6. The lowest BCUT2D eigenvalue weighted by Crippen LogP contribution is -2.71. The standard InChI is InChI=1S/C31H52N2O23/c1-8-17(41)20(44)21(45)28(50-8)54-25-16(33-10(3)38)27(47)51-14(7-36)23(25)53-29-22(46)26(19(43)13(6-35)52-29)56-31(30(48)49)4-11(39)15(32-9(2)37)24(55-31)18(42)12(40)5-34/h8,11-29,34-36,39-47H,4-7H2,1-3H3,(H,32,37)(H,33,38)(H,48,49)/t8-,11-,12+,13+,14+,15+,16+,17+,18+,19-,20+,21-,22+,23+,24-,25+,26-,27+,28-,29-,31-/m0/s1. The van der Waals surface area contributed by atoms with E-state index < -0.39 is 172 Å². The van der Waals surface area contributed by atoms with E-state index in [4.69, 9.17) is 33.2 Å². The number of ether oxygens (including phenoxy) is 7. The zero-order valence-electron chi connectivity index (χ0n) is 30.3. The molecule has 56 heavy (non-hydrogen) atoms. The summed E-state index contributed by atoms with van der Waals surface area (Å²) in [5.41, 5.74) is 0. The van der Waals surface area contributed by atoms with E-state index in [1.807, 2.05) is 0 Å². The van der Waals surface area contributed by atoms with Crippen LogP contribution in [0.25, 0.3) is 0 Å². The lowest BCUT2D eigenvalue weighted by molar-refractivity contribution is -0.390. The van der Waals surface area contributed by atoms with Crippen LogP contribution in [-0.2, 0) is 47.5 Å². The van der Waals surface area contributed by atoms with Crippen molar-refractivity contribution in [1.82, 2.24) is 10.6 Å². The second-order valence-corrected chi connectivity index (χ2v) is 14.0. The summed E-state index contributed by atoms with van der Waals surface area (Å²) in [6.45, 7) is 0.283. The Hall–Kier alpha value is -2.35. The first-order valence-corrected chi connectivity index (χ1v) is 17.6. The highest BCUT2D eigenvalue weighted by molar-refractivity contribution is 5.76. The fraction of sp³-hybridized carbons (Fsp3) is 0.903. The molecule has 2 amide bonds. The summed E-state index contributed by atoms with van der Waals surface area (Å²) in [5, 5.41) is 142. The summed E-state index contributed by atoms with van der Waals surface area (Å²) in [4.78, 5) is 37.0. The maximum atomic E-state index is 12.9. The van der Waals surface area contributed by atoms with E-state index in [-0.39, 0.29) is 0 Å². The lowest BCUT2D eigenvalue weighted by Gasteiger charge is -2.51. The summed E-state index contributed by atoms with van der Waals surface area (Å²) in [7, 11) is 0. The third-order valence-corrected chi connectivity index (χ3v) is 9.94. The van der Waals surface area contributed by atoms with Crippen LogP contribution in [0.5, 0.6) is 0 Å². The van der Waals surface area contributed by atoms with Gasteiger partial charge in [-0.1, -0.05) is 0 Å². The normalized spacial score (nSPS) is 45.7. The number of rotatable bonds is 14. The Morgan fingerprint density at radius 2 is 1.30 bits per heavy atom. The van der Waals surface area contributed by atoms with Crippen molar-refractivity contribution in [3.8, 4) is 0 Å². The number of aliphatic hydroxyl groups excluding tert-OH is 12. The van der Waals surface area contributed by atoms with Crippen molar-refractivity contribution in [3.05, 3.63) is 0 Å². The molecule has 324 valence electrons. The van der Waals surface area contributed by atoms with Crippen molar-refractivity contribution in [3.63, 3.8) is 0 Å². The topological polar surface area (TPSA) is 403 Å². The van der Waals surface area contributed by atoms with Gasteiger partial charge in [0.1, 0.15) is 85.4 Å². The predicted molar refractivity (Wildman–Crippen MR) is 173 cm³/mol. The first-order chi connectivity index (χ1) is 26.2. The molecule has 25 nitrogen and oxygen atoms in total. The molecule has 0 aromatic rings. The smallest absolute Gasteiger partial charge is 0.364 e. The maximum absolute atomic E-state index is 12.9. The first kappa shape index (κ1) is 46.3. The van der Waals surface area contributed by atoms with Crippen LogP contribution in [0.4, 0.5) is 0 Å². The zero-order chi connectivity index (χ0) is 42.0. The van der Waals surface area contributed by atoms with Crippen LogP contribution in [0.2, 0.25) is 0 Å². The summed E-state index contributed by atoms with van der Waals surface area (Å²) < 4.78 is 39.7. The monoisotopic (exact) mass is 820 g/mol. The number of nitrogens with one attached hydrogen (secondary N) is 2. The van der Waals surface area contributed by atoms with Crippen LogP contribution < -0.4 is 10.6 Å². The van der Waals surface area contributed by atoms with E-state index in [1.54, 1.807) is 0 Å². The number of carbonyl (C=O) groups is 3. The molecule has 4 saturated heterocycles. The molecule has 4 aliphatic heterocycles. The molecule has 4 fully saturated rings. The van der Waals surface area contributed by atoms with Gasteiger partial charge in [0, 0.05) is 20.3 Å². The van der Waals surface area contributed by atoms with Crippen LogP contribution in [0.15, 0.2) is 0 Å². The SMILES string of the molecule is CC(=O)N[C@@H]1[C@@H](O[C@@H]2O[C@@H](C)[C@@H](O)[C@@H](O)[C@@H]2O)[C@H](O[C@@H]2O[C@H](CO)[C@H](O)[C@H](O[C@]3(C(=O)O)C[C@H](O)[C@@H](NC(C)=O)[C@@H]([C@H](O)[C@H](O)CO)O3)[C@H]2O)[C@@H](CO)O[C@H]1O. The van der Waals surface area contributed by atoms with Crippen LogP contribution >= 0.6 is 0 Å². The Bertz CT molecular complexity index is 1330. The molecule has 0 radical (unpaired) electrons. The van der Waals surface area contributed by atoms with Gasteiger partial charge < -0.3 is 110 Å². The minimum Gasteiger partial charge on any atom is -0.477 e. The highest BCUT2D eigenvalue weighted by Gasteiger charge is 2.60.